The van der Waals surface area contributed by atoms with E-state index < -0.39 is 51.1 Å². The summed E-state index contributed by atoms with van der Waals surface area (Å²) in [6.45, 7) is 1.25. The Morgan fingerprint density at radius 2 is 1.90 bits per heavy atom. The van der Waals surface area contributed by atoms with Crippen LogP contribution >= 0.6 is 7.82 Å². The van der Waals surface area contributed by atoms with Gasteiger partial charge in [-0.2, -0.15) is 0 Å². The molecule has 0 saturated carbocycles. The van der Waals surface area contributed by atoms with Crippen LogP contribution in [0.1, 0.15) is 22.8 Å². The number of carbonyl (C=O) groups is 2. The van der Waals surface area contributed by atoms with Crippen molar-refractivity contribution in [1.29, 1.82) is 0 Å². The van der Waals surface area contributed by atoms with Gasteiger partial charge in [0.2, 0.25) is 12.2 Å². The summed E-state index contributed by atoms with van der Waals surface area (Å²) in [4.78, 5) is 45.5. The lowest BCUT2D eigenvalue weighted by molar-refractivity contribution is -0.274. The molecule has 216 valence electrons. The molecule has 0 radical (unpaired) electrons. The molecule has 5 atom stereocenters. The number of phosphoric acid groups is 1. The number of nitrogen functional groups attached to an aromatic ring is 1. The Morgan fingerprint density at radius 3 is 2.60 bits per heavy atom. The van der Waals surface area contributed by atoms with Crippen molar-refractivity contribution < 1.29 is 52.9 Å². The number of fused-ring (bicyclic) bond motifs is 1. The number of H-pyrrole nitrogens is 1. The molecule has 4 rings (SSSR count). The standard InChI is InChI=1S/C25H30N3O11P/c1-13(29)27-9-8-14-11-28-19-7-6-15(10-17(14)19)37-25-22(31)23(39-40(33,34)35)21(30)20(38-25)12-36-24(32)16-4-2-3-5-18(16)26/h2-7,10-11,20-23,25,28,30-31H,8-9,12,26H2,1H3,(H,27,29)(H2,33,34,35)/t20?,21-,22?,23?,25-/m1/s1. The number of hydrogen-bond acceptors (Lipinski definition) is 10. The maximum absolute atomic E-state index is 12.5. The average molecular weight is 579 g/mol. The second kappa shape index (κ2) is 12.4. The van der Waals surface area contributed by atoms with Gasteiger partial charge in [0, 0.05) is 36.3 Å². The largest absolute Gasteiger partial charge is 0.470 e. The molecule has 2 aromatic carbocycles. The molecule has 8 N–H and O–H groups in total. The molecule has 0 aliphatic carbocycles. The number of ether oxygens (including phenoxy) is 3. The van der Waals surface area contributed by atoms with Crippen LogP contribution in [-0.2, 0) is 29.8 Å². The molecule has 1 saturated heterocycles. The number of benzene rings is 2. The average Bonchev–Trinajstić information content (AvgIpc) is 3.29. The molecular formula is C25H30N3O11P. The fourth-order valence-electron chi connectivity index (χ4n) is 4.28. The van der Waals surface area contributed by atoms with E-state index in [2.05, 4.69) is 14.8 Å². The third-order valence-electron chi connectivity index (χ3n) is 6.22. The second-order valence-electron chi connectivity index (χ2n) is 9.14. The van der Waals surface area contributed by atoms with Crippen LogP contribution in [0.15, 0.2) is 48.7 Å². The molecule has 1 aromatic heterocycles. The number of carbonyl (C=O) groups excluding carboxylic acids is 2. The van der Waals surface area contributed by atoms with Crippen LogP contribution in [0.4, 0.5) is 5.69 Å². The molecular weight excluding hydrogens is 549 g/mol. The summed E-state index contributed by atoms with van der Waals surface area (Å²) in [6, 6.07) is 11.1. The smallest absolute Gasteiger partial charge is 0.462 e. The van der Waals surface area contributed by atoms with E-state index in [1.165, 1.54) is 19.1 Å². The van der Waals surface area contributed by atoms with E-state index in [-0.39, 0.29) is 22.9 Å². The maximum Gasteiger partial charge on any atom is 0.470 e. The molecule has 1 aliphatic heterocycles. The number of aromatic amines is 1. The summed E-state index contributed by atoms with van der Waals surface area (Å²) in [5.74, 6) is -0.764. The summed E-state index contributed by atoms with van der Waals surface area (Å²) >= 11 is 0. The predicted octanol–water partition coefficient (Wildman–Crippen LogP) is 0.589. The van der Waals surface area contributed by atoms with Crippen LogP contribution in [0.5, 0.6) is 5.75 Å². The van der Waals surface area contributed by atoms with E-state index in [0.29, 0.717) is 13.0 Å². The lowest BCUT2D eigenvalue weighted by Gasteiger charge is -2.41. The lowest BCUT2D eigenvalue weighted by atomic mass is 9.99. The number of aromatic nitrogens is 1. The molecule has 3 aromatic rings. The van der Waals surface area contributed by atoms with Gasteiger partial charge < -0.3 is 50.2 Å². The van der Waals surface area contributed by atoms with Gasteiger partial charge in [-0.05, 0) is 42.3 Å². The molecule has 1 amide bonds. The lowest BCUT2D eigenvalue weighted by Crippen LogP contribution is -2.61. The van der Waals surface area contributed by atoms with Crippen LogP contribution in [0, 0.1) is 0 Å². The Hall–Kier alpha value is -3.49. The Labute approximate surface area is 228 Å². The zero-order valence-corrected chi connectivity index (χ0v) is 22.2. The molecule has 1 aliphatic rings. The van der Waals surface area contributed by atoms with Crippen molar-refractivity contribution in [2.75, 3.05) is 18.9 Å². The van der Waals surface area contributed by atoms with E-state index in [1.807, 2.05) is 0 Å². The number of para-hydroxylation sites is 1. The van der Waals surface area contributed by atoms with E-state index in [0.717, 1.165) is 16.5 Å². The number of aliphatic hydroxyl groups is 2. The minimum absolute atomic E-state index is 0.0674. The molecule has 15 heteroatoms. The maximum atomic E-state index is 12.5. The van der Waals surface area contributed by atoms with Crippen molar-refractivity contribution in [3.05, 3.63) is 59.8 Å². The van der Waals surface area contributed by atoms with Gasteiger partial charge in [0.05, 0.1) is 5.56 Å². The summed E-state index contributed by atoms with van der Waals surface area (Å²) in [5, 5.41) is 25.0. The first-order valence-corrected chi connectivity index (χ1v) is 13.7. The summed E-state index contributed by atoms with van der Waals surface area (Å²) < 4.78 is 32.9. The number of hydrogen-bond donors (Lipinski definition) is 7. The van der Waals surface area contributed by atoms with E-state index in [1.54, 1.807) is 36.5 Å². The number of phosphoric ester groups is 1. The van der Waals surface area contributed by atoms with Crippen LogP contribution < -0.4 is 15.8 Å². The van der Waals surface area contributed by atoms with Gasteiger partial charge in [-0.1, -0.05) is 12.1 Å². The van der Waals surface area contributed by atoms with Crippen LogP contribution in [0.25, 0.3) is 10.9 Å². The Bertz CT molecular complexity index is 1410. The number of amides is 1. The predicted molar refractivity (Wildman–Crippen MR) is 140 cm³/mol. The third kappa shape index (κ3) is 7.17. The highest BCUT2D eigenvalue weighted by molar-refractivity contribution is 7.46. The highest BCUT2D eigenvalue weighted by atomic mass is 31.2. The van der Waals surface area contributed by atoms with Crippen molar-refractivity contribution in [3.63, 3.8) is 0 Å². The first-order chi connectivity index (χ1) is 18.9. The fourth-order valence-corrected chi connectivity index (χ4v) is 4.85. The molecule has 3 unspecified atom stereocenters. The van der Waals surface area contributed by atoms with Crippen molar-refractivity contribution in [1.82, 2.24) is 10.3 Å². The molecule has 40 heavy (non-hydrogen) atoms. The summed E-state index contributed by atoms with van der Waals surface area (Å²) in [6.07, 6.45) is -6.18. The molecule has 0 spiro atoms. The van der Waals surface area contributed by atoms with Gasteiger partial charge in [0.1, 0.15) is 36.8 Å². The van der Waals surface area contributed by atoms with Crippen LogP contribution in [0.3, 0.4) is 0 Å². The number of anilines is 1. The van der Waals surface area contributed by atoms with Crippen LogP contribution in [0.2, 0.25) is 0 Å². The quantitative estimate of drug-likeness (QED) is 0.0996. The second-order valence-corrected chi connectivity index (χ2v) is 10.3. The number of rotatable bonds is 10. The van der Waals surface area contributed by atoms with Crippen molar-refractivity contribution in [3.8, 4) is 5.75 Å². The highest BCUT2D eigenvalue weighted by Crippen LogP contribution is 2.41. The van der Waals surface area contributed by atoms with Crippen molar-refractivity contribution in [2.24, 2.45) is 0 Å². The topological polar surface area (TPSA) is 223 Å². The first-order valence-electron chi connectivity index (χ1n) is 12.2. The normalized spacial score (nSPS) is 23.1. The third-order valence-corrected chi connectivity index (χ3v) is 6.74. The van der Waals surface area contributed by atoms with E-state index in [9.17, 15) is 34.2 Å². The number of aliphatic hydroxyl groups excluding tert-OH is 2. The van der Waals surface area contributed by atoms with Gasteiger partial charge in [0.15, 0.2) is 0 Å². The van der Waals surface area contributed by atoms with Crippen molar-refractivity contribution in [2.45, 2.75) is 44.1 Å². The number of nitrogens with one attached hydrogen (secondary N) is 2. The molecule has 2 heterocycles. The van der Waals surface area contributed by atoms with Gasteiger partial charge in [-0.3, -0.25) is 9.32 Å². The fraction of sp³-hybridized carbons (Fsp3) is 0.360. The SMILES string of the molecule is CC(=O)NCCc1c[nH]c2ccc(O[C@@H]3OC(COC(=O)c4ccccc4N)[C@@H](O)C(OP(=O)(O)O)C3O)cc12. The first kappa shape index (κ1) is 29.5. The Kier molecular flexibility index (Phi) is 9.11. The van der Waals surface area contributed by atoms with Gasteiger partial charge in [-0.25, -0.2) is 9.36 Å². The summed E-state index contributed by atoms with van der Waals surface area (Å²) in [7, 11) is -5.18. The molecule has 1 fully saturated rings. The van der Waals surface area contributed by atoms with Gasteiger partial charge >= 0.3 is 13.8 Å². The zero-order chi connectivity index (χ0) is 29.0. The minimum Gasteiger partial charge on any atom is -0.462 e. The number of esters is 1. The van der Waals surface area contributed by atoms with Gasteiger partial charge in [-0.15, -0.1) is 0 Å². The number of nitrogens with two attached hydrogens (primary N) is 1. The van der Waals surface area contributed by atoms with E-state index >= 15 is 0 Å². The summed E-state index contributed by atoms with van der Waals surface area (Å²) in [5.41, 5.74) is 7.68. The zero-order valence-electron chi connectivity index (χ0n) is 21.3. The molecule has 14 nitrogen and oxygen atoms in total. The van der Waals surface area contributed by atoms with Gasteiger partial charge in [0.25, 0.3) is 0 Å². The molecule has 0 bridgehead atoms. The van der Waals surface area contributed by atoms with Crippen molar-refractivity contribution >= 4 is 36.3 Å². The minimum atomic E-state index is -5.18. The monoisotopic (exact) mass is 579 g/mol. The van der Waals surface area contributed by atoms with E-state index in [4.69, 9.17) is 19.9 Å². The highest BCUT2D eigenvalue weighted by Gasteiger charge is 2.49. The Morgan fingerprint density at radius 1 is 1.15 bits per heavy atom. The van der Waals surface area contributed by atoms with Crippen LogP contribution in [-0.4, -0.2) is 80.7 Å². The Balaban J connectivity index is 1.53.